The molecule has 1 heterocycles. The molecule has 1 saturated heterocycles. The van der Waals surface area contributed by atoms with Gasteiger partial charge in [0.05, 0.1) is 6.04 Å². The number of amides is 2. The van der Waals surface area contributed by atoms with Crippen molar-refractivity contribution in [1.82, 2.24) is 15.1 Å². The molecular weight excluding hydrogens is 314 g/mol. The number of aryl methyl sites for hydroxylation is 1. The number of benzene rings is 1. The fraction of sp³-hybridized carbons (Fsp3) is 0.600. The molecule has 0 saturated carbocycles. The van der Waals surface area contributed by atoms with E-state index in [0.29, 0.717) is 19.5 Å². The fourth-order valence-corrected chi connectivity index (χ4v) is 3.40. The quantitative estimate of drug-likeness (QED) is 0.826. The van der Waals surface area contributed by atoms with Crippen LogP contribution in [0.25, 0.3) is 0 Å². The maximum absolute atomic E-state index is 12.7. The van der Waals surface area contributed by atoms with Crippen LogP contribution in [0.5, 0.6) is 0 Å². The number of rotatable bonds is 7. The summed E-state index contributed by atoms with van der Waals surface area (Å²) in [5.41, 5.74) is 2.41. The van der Waals surface area contributed by atoms with Crippen LogP contribution < -0.4 is 5.32 Å². The third kappa shape index (κ3) is 5.05. The van der Waals surface area contributed by atoms with Gasteiger partial charge in [0.2, 0.25) is 11.8 Å². The van der Waals surface area contributed by atoms with Gasteiger partial charge < -0.3 is 15.1 Å². The summed E-state index contributed by atoms with van der Waals surface area (Å²) in [6, 6.07) is 8.22. The zero-order valence-corrected chi connectivity index (χ0v) is 15.9. The first-order chi connectivity index (χ1) is 11.9. The summed E-state index contributed by atoms with van der Waals surface area (Å²) < 4.78 is 0. The molecule has 138 valence electrons. The molecule has 5 heteroatoms. The smallest absolute Gasteiger partial charge is 0.242 e. The monoisotopic (exact) mass is 345 g/mol. The molecule has 0 radical (unpaired) electrons. The van der Waals surface area contributed by atoms with E-state index in [2.05, 4.69) is 41.4 Å². The Bertz CT molecular complexity index is 583. The summed E-state index contributed by atoms with van der Waals surface area (Å²) in [4.78, 5) is 28.7. The lowest BCUT2D eigenvalue weighted by molar-refractivity contribution is -0.138. The molecule has 2 atom stereocenters. The second-order valence-corrected chi connectivity index (χ2v) is 7.13. The van der Waals surface area contributed by atoms with E-state index in [4.69, 9.17) is 0 Å². The van der Waals surface area contributed by atoms with Crippen molar-refractivity contribution in [2.45, 2.75) is 51.6 Å². The zero-order chi connectivity index (χ0) is 18.4. The fourth-order valence-electron chi connectivity index (χ4n) is 3.40. The molecule has 0 spiro atoms. The molecule has 1 aromatic rings. The molecule has 1 aromatic carbocycles. The molecule has 1 aliphatic rings. The highest BCUT2D eigenvalue weighted by molar-refractivity contribution is 5.88. The molecule has 0 aliphatic carbocycles. The van der Waals surface area contributed by atoms with Crippen LogP contribution >= 0.6 is 0 Å². The maximum atomic E-state index is 12.7. The van der Waals surface area contributed by atoms with Crippen molar-refractivity contribution in [1.29, 1.82) is 0 Å². The molecular formula is C20H31N3O2. The lowest BCUT2D eigenvalue weighted by Gasteiger charge is -2.28. The first-order valence-electron chi connectivity index (χ1n) is 9.24. The number of likely N-dealkylation sites (tertiary alicyclic amines) is 1. The molecule has 2 amide bonds. The Hall–Kier alpha value is -1.88. The van der Waals surface area contributed by atoms with E-state index >= 15 is 0 Å². The van der Waals surface area contributed by atoms with Crippen LogP contribution in [0.15, 0.2) is 24.3 Å². The van der Waals surface area contributed by atoms with Crippen LogP contribution in [0, 0.1) is 6.92 Å². The summed E-state index contributed by atoms with van der Waals surface area (Å²) in [5.74, 6) is 0.0729. The normalized spacial score (nSPS) is 18.4. The SMILES string of the molecule is CCCC(=O)N1CCC[C@H]1C(=O)NC[C@H](c1ccc(C)cc1)N(C)C. The Morgan fingerprint density at radius 3 is 2.56 bits per heavy atom. The Morgan fingerprint density at radius 2 is 1.96 bits per heavy atom. The van der Waals surface area contributed by atoms with Crippen LogP contribution in [0.3, 0.4) is 0 Å². The van der Waals surface area contributed by atoms with Crippen LogP contribution in [-0.2, 0) is 9.59 Å². The summed E-state index contributed by atoms with van der Waals surface area (Å²) in [6.45, 7) is 5.30. The van der Waals surface area contributed by atoms with E-state index in [1.807, 2.05) is 21.0 Å². The van der Waals surface area contributed by atoms with Crippen molar-refractivity contribution >= 4 is 11.8 Å². The number of nitrogens with zero attached hydrogens (tertiary/aromatic N) is 2. The molecule has 25 heavy (non-hydrogen) atoms. The number of likely N-dealkylation sites (N-methyl/N-ethyl adjacent to an activating group) is 1. The van der Waals surface area contributed by atoms with Gasteiger partial charge in [-0.05, 0) is 45.8 Å². The summed E-state index contributed by atoms with van der Waals surface area (Å²) in [6.07, 6.45) is 3.01. The van der Waals surface area contributed by atoms with Crippen LogP contribution in [-0.4, -0.2) is 54.8 Å². The Balaban J connectivity index is 1.98. The van der Waals surface area contributed by atoms with Crippen LogP contribution in [0.4, 0.5) is 0 Å². The molecule has 0 unspecified atom stereocenters. The average molecular weight is 345 g/mol. The second kappa shape index (κ2) is 8.99. The minimum Gasteiger partial charge on any atom is -0.352 e. The Labute approximate surface area is 151 Å². The lowest BCUT2D eigenvalue weighted by Crippen LogP contribution is -2.47. The lowest BCUT2D eigenvalue weighted by atomic mass is 10.0. The number of hydrogen-bond donors (Lipinski definition) is 1. The van der Waals surface area contributed by atoms with E-state index in [1.165, 1.54) is 11.1 Å². The molecule has 0 bridgehead atoms. The molecule has 1 aliphatic heterocycles. The summed E-state index contributed by atoms with van der Waals surface area (Å²) >= 11 is 0. The highest BCUT2D eigenvalue weighted by Crippen LogP contribution is 2.21. The van der Waals surface area contributed by atoms with Crippen molar-refractivity contribution in [2.75, 3.05) is 27.2 Å². The van der Waals surface area contributed by atoms with E-state index < -0.39 is 0 Å². The first kappa shape index (κ1) is 19.4. The van der Waals surface area contributed by atoms with Gasteiger partial charge in [0.25, 0.3) is 0 Å². The third-order valence-electron chi connectivity index (χ3n) is 4.89. The van der Waals surface area contributed by atoms with Gasteiger partial charge in [0, 0.05) is 19.5 Å². The van der Waals surface area contributed by atoms with Crippen LogP contribution in [0.1, 0.15) is 49.8 Å². The predicted octanol–water partition coefficient (Wildman–Crippen LogP) is 2.51. The molecule has 1 N–H and O–H groups in total. The van der Waals surface area contributed by atoms with Crippen molar-refractivity contribution in [3.8, 4) is 0 Å². The van der Waals surface area contributed by atoms with E-state index in [1.54, 1.807) is 4.90 Å². The minimum atomic E-state index is -0.306. The number of hydrogen-bond acceptors (Lipinski definition) is 3. The maximum Gasteiger partial charge on any atom is 0.242 e. The van der Waals surface area contributed by atoms with Gasteiger partial charge in [-0.15, -0.1) is 0 Å². The third-order valence-corrected chi connectivity index (χ3v) is 4.89. The van der Waals surface area contributed by atoms with E-state index in [9.17, 15) is 9.59 Å². The van der Waals surface area contributed by atoms with Crippen molar-refractivity contribution < 1.29 is 9.59 Å². The predicted molar refractivity (Wildman–Crippen MR) is 100 cm³/mol. The standard InChI is InChI=1S/C20H31N3O2/c1-5-7-19(24)23-13-6-8-17(23)20(25)21-14-18(22(3)4)16-11-9-15(2)10-12-16/h9-12,17-18H,5-8,13-14H2,1-4H3,(H,21,25)/t17-,18+/m0/s1. The topological polar surface area (TPSA) is 52.7 Å². The second-order valence-electron chi connectivity index (χ2n) is 7.13. The van der Waals surface area contributed by atoms with Gasteiger partial charge >= 0.3 is 0 Å². The Kier molecular flexibility index (Phi) is 7.00. The van der Waals surface area contributed by atoms with Crippen molar-refractivity contribution in [3.63, 3.8) is 0 Å². The summed E-state index contributed by atoms with van der Waals surface area (Å²) in [7, 11) is 4.03. The molecule has 2 rings (SSSR count). The van der Waals surface area contributed by atoms with E-state index in [0.717, 1.165) is 19.3 Å². The highest BCUT2D eigenvalue weighted by atomic mass is 16.2. The largest absolute Gasteiger partial charge is 0.352 e. The highest BCUT2D eigenvalue weighted by Gasteiger charge is 2.33. The Morgan fingerprint density at radius 1 is 1.28 bits per heavy atom. The summed E-state index contributed by atoms with van der Waals surface area (Å²) in [5, 5.41) is 3.07. The van der Waals surface area contributed by atoms with Gasteiger partial charge in [-0.2, -0.15) is 0 Å². The van der Waals surface area contributed by atoms with Gasteiger partial charge in [0.15, 0.2) is 0 Å². The van der Waals surface area contributed by atoms with Gasteiger partial charge in [-0.25, -0.2) is 0 Å². The molecule has 0 aromatic heterocycles. The zero-order valence-electron chi connectivity index (χ0n) is 15.9. The molecule has 5 nitrogen and oxygen atoms in total. The number of nitrogens with one attached hydrogen (secondary N) is 1. The van der Waals surface area contributed by atoms with Gasteiger partial charge in [-0.1, -0.05) is 36.8 Å². The number of carbonyl (C=O) groups excluding carboxylic acids is 2. The van der Waals surface area contributed by atoms with Crippen molar-refractivity contribution in [2.24, 2.45) is 0 Å². The molecule has 1 fully saturated rings. The van der Waals surface area contributed by atoms with Gasteiger partial charge in [-0.3, -0.25) is 9.59 Å². The first-order valence-corrected chi connectivity index (χ1v) is 9.24. The average Bonchev–Trinajstić information content (AvgIpc) is 3.06. The number of carbonyl (C=O) groups is 2. The van der Waals surface area contributed by atoms with E-state index in [-0.39, 0.29) is 23.9 Å². The van der Waals surface area contributed by atoms with Crippen molar-refractivity contribution in [3.05, 3.63) is 35.4 Å². The van der Waals surface area contributed by atoms with Gasteiger partial charge in [0.1, 0.15) is 6.04 Å². The van der Waals surface area contributed by atoms with Crippen LogP contribution in [0.2, 0.25) is 0 Å². The minimum absolute atomic E-state index is 0.0269.